The first kappa shape index (κ1) is 13.6. The molecule has 2 aromatic carbocycles. The van der Waals surface area contributed by atoms with Crippen molar-refractivity contribution >= 4 is 22.1 Å². The van der Waals surface area contributed by atoms with Crippen LogP contribution in [0, 0.1) is 0 Å². The molecule has 4 heteroatoms. The second-order valence-corrected chi connectivity index (χ2v) is 5.66. The number of morpholine rings is 1. The molecule has 0 radical (unpaired) electrons. The average Bonchev–Trinajstić information content (AvgIpc) is 2.60. The summed E-state index contributed by atoms with van der Waals surface area (Å²) >= 11 is 0. The highest BCUT2D eigenvalue weighted by atomic mass is 16.5. The van der Waals surface area contributed by atoms with Crippen molar-refractivity contribution < 1.29 is 9.30 Å². The monoisotopic (exact) mass is 294 g/mol. The van der Waals surface area contributed by atoms with Gasteiger partial charge in [0.2, 0.25) is 11.0 Å². The maximum atomic E-state index is 5.88. The summed E-state index contributed by atoms with van der Waals surface area (Å²) in [5.74, 6) is 0. The lowest BCUT2D eigenvalue weighted by Crippen LogP contribution is -2.36. The van der Waals surface area contributed by atoms with Crippen molar-refractivity contribution in [2.75, 3.05) is 19.7 Å². The molecule has 1 aromatic heterocycles. The Kier molecular flexibility index (Phi) is 3.48. The van der Waals surface area contributed by atoms with Crippen LogP contribution in [0.1, 0.15) is 18.6 Å². The highest BCUT2D eigenvalue weighted by molar-refractivity contribution is 5.81. The van der Waals surface area contributed by atoms with Crippen molar-refractivity contribution in [1.29, 1.82) is 0 Å². The van der Waals surface area contributed by atoms with E-state index in [0.717, 1.165) is 37.3 Å². The molecule has 0 aliphatic carbocycles. The van der Waals surface area contributed by atoms with Crippen LogP contribution in [0.15, 0.2) is 42.5 Å². The first-order valence-electron chi connectivity index (χ1n) is 7.91. The third kappa shape index (κ3) is 2.25. The second-order valence-electron chi connectivity index (χ2n) is 5.66. The van der Waals surface area contributed by atoms with E-state index in [1.54, 1.807) is 0 Å². The first-order valence-corrected chi connectivity index (χ1v) is 7.91. The normalized spacial score (nSPS) is 18.9. The maximum absolute atomic E-state index is 5.88. The Morgan fingerprint density at radius 1 is 1.18 bits per heavy atom. The Labute approximate surface area is 129 Å². The van der Waals surface area contributed by atoms with Gasteiger partial charge in [0.15, 0.2) is 0 Å². The van der Waals surface area contributed by atoms with E-state index in [0.29, 0.717) is 0 Å². The molecule has 1 N–H and O–H groups in total. The molecule has 0 saturated carbocycles. The fourth-order valence-corrected chi connectivity index (χ4v) is 3.22. The quantitative estimate of drug-likeness (QED) is 0.582. The van der Waals surface area contributed by atoms with E-state index in [9.17, 15) is 0 Å². The minimum atomic E-state index is 0.134. The van der Waals surface area contributed by atoms with Crippen molar-refractivity contribution in [3.05, 3.63) is 48.0 Å². The summed E-state index contributed by atoms with van der Waals surface area (Å²) < 4.78 is 8.21. The van der Waals surface area contributed by atoms with E-state index in [-0.39, 0.29) is 6.10 Å². The number of nitrogens with one attached hydrogen (secondary N) is 1. The van der Waals surface area contributed by atoms with Gasteiger partial charge in [-0.25, -0.2) is 4.98 Å². The van der Waals surface area contributed by atoms with Gasteiger partial charge in [-0.05, 0) is 24.6 Å². The highest BCUT2D eigenvalue weighted by Crippen LogP contribution is 2.23. The Morgan fingerprint density at radius 3 is 2.86 bits per heavy atom. The van der Waals surface area contributed by atoms with E-state index in [4.69, 9.17) is 9.72 Å². The Bertz CT molecular complexity index is 825. The molecule has 4 rings (SSSR count). The molecule has 112 valence electrons. The highest BCUT2D eigenvalue weighted by Gasteiger charge is 2.20. The van der Waals surface area contributed by atoms with Crippen LogP contribution in [-0.2, 0) is 11.3 Å². The molecule has 4 nitrogen and oxygen atoms in total. The van der Waals surface area contributed by atoms with Gasteiger partial charge < -0.3 is 10.1 Å². The zero-order chi connectivity index (χ0) is 14.9. The van der Waals surface area contributed by atoms with E-state index in [1.807, 2.05) is 6.07 Å². The zero-order valence-electron chi connectivity index (χ0n) is 12.7. The third-order valence-electron chi connectivity index (χ3n) is 4.32. The van der Waals surface area contributed by atoms with Gasteiger partial charge in [0, 0.05) is 25.2 Å². The Hall–Kier alpha value is -2.04. The van der Waals surface area contributed by atoms with Crippen LogP contribution >= 0.6 is 0 Å². The molecule has 0 amide bonds. The SMILES string of the molecule is CC[n+]1c2ccccc2nc2ccc(C3CNCCO3)cc21. The summed E-state index contributed by atoms with van der Waals surface area (Å²) in [4.78, 5) is 4.80. The van der Waals surface area contributed by atoms with Gasteiger partial charge in [-0.2, -0.15) is 4.57 Å². The molecular formula is C18H20N3O+. The van der Waals surface area contributed by atoms with Crippen molar-refractivity contribution in [1.82, 2.24) is 10.3 Å². The first-order chi connectivity index (χ1) is 10.9. The Morgan fingerprint density at radius 2 is 2.05 bits per heavy atom. The van der Waals surface area contributed by atoms with Gasteiger partial charge >= 0.3 is 0 Å². The van der Waals surface area contributed by atoms with E-state index >= 15 is 0 Å². The maximum Gasteiger partial charge on any atom is 0.232 e. The lowest BCUT2D eigenvalue weighted by atomic mass is 10.1. The molecule has 1 unspecified atom stereocenters. The van der Waals surface area contributed by atoms with Gasteiger partial charge in [0.05, 0.1) is 12.7 Å². The fourth-order valence-electron chi connectivity index (χ4n) is 3.22. The summed E-state index contributed by atoms with van der Waals surface area (Å²) in [7, 11) is 0. The summed E-state index contributed by atoms with van der Waals surface area (Å²) in [6, 6.07) is 14.8. The number of hydrogen-bond donors (Lipinski definition) is 1. The molecule has 1 saturated heterocycles. The number of benzene rings is 2. The van der Waals surface area contributed by atoms with Crippen LogP contribution in [0.4, 0.5) is 0 Å². The minimum Gasteiger partial charge on any atom is -0.371 e. The third-order valence-corrected chi connectivity index (χ3v) is 4.32. The van der Waals surface area contributed by atoms with Crippen molar-refractivity contribution in [2.45, 2.75) is 19.6 Å². The number of fused-ring (bicyclic) bond motifs is 2. The molecule has 3 aromatic rings. The predicted molar refractivity (Wildman–Crippen MR) is 86.7 cm³/mol. The van der Waals surface area contributed by atoms with Crippen LogP contribution in [0.25, 0.3) is 22.1 Å². The van der Waals surface area contributed by atoms with Crippen LogP contribution in [-0.4, -0.2) is 24.7 Å². The van der Waals surface area contributed by atoms with E-state index in [2.05, 4.69) is 53.2 Å². The van der Waals surface area contributed by atoms with E-state index < -0.39 is 0 Å². The zero-order valence-corrected chi connectivity index (χ0v) is 12.7. The molecule has 22 heavy (non-hydrogen) atoms. The van der Waals surface area contributed by atoms with Crippen LogP contribution in [0.5, 0.6) is 0 Å². The number of nitrogens with zero attached hydrogens (tertiary/aromatic N) is 2. The minimum absolute atomic E-state index is 0.134. The molecule has 0 spiro atoms. The number of ether oxygens (including phenoxy) is 1. The molecule has 1 atom stereocenters. The summed E-state index contributed by atoms with van der Waals surface area (Å²) in [5, 5.41) is 3.39. The van der Waals surface area contributed by atoms with Gasteiger partial charge in [0.1, 0.15) is 17.6 Å². The number of rotatable bonds is 2. The summed E-state index contributed by atoms with van der Waals surface area (Å²) in [5.41, 5.74) is 5.65. The van der Waals surface area contributed by atoms with Gasteiger partial charge in [-0.1, -0.05) is 18.2 Å². The van der Waals surface area contributed by atoms with Gasteiger partial charge in [-0.3, -0.25) is 0 Å². The summed E-state index contributed by atoms with van der Waals surface area (Å²) in [6.45, 7) is 5.68. The topological polar surface area (TPSA) is 38.0 Å². The largest absolute Gasteiger partial charge is 0.371 e. The summed E-state index contributed by atoms with van der Waals surface area (Å²) in [6.07, 6.45) is 0.134. The molecule has 1 aliphatic rings. The molecule has 1 aliphatic heterocycles. The number of aromatic nitrogens is 2. The molecule has 1 fully saturated rings. The predicted octanol–water partition coefficient (Wildman–Crippen LogP) is 2.36. The number of para-hydroxylation sites is 2. The lowest BCUT2D eigenvalue weighted by molar-refractivity contribution is -0.641. The van der Waals surface area contributed by atoms with Gasteiger partial charge in [0.25, 0.3) is 0 Å². The number of hydrogen-bond acceptors (Lipinski definition) is 3. The van der Waals surface area contributed by atoms with Gasteiger partial charge in [-0.15, -0.1) is 0 Å². The lowest BCUT2D eigenvalue weighted by Gasteiger charge is -2.23. The van der Waals surface area contributed by atoms with Crippen molar-refractivity contribution in [2.24, 2.45) is 0 Å². The average molecular weight is 294 g/mol. The Balaban J connectivity index is 1.92. The molecule has 0 bridgehead atoms. The van der Waals surface area contributed by atoms with E-state index in [1.165, 1.54) is 16.6 Å². The number of aryl methyl sites for hydroxylation is 1. The van der Waals surface area contributed by atoms with Crippen LogP contribution in [0.2, 0.25) is 0 Å². The molecular weight excluding hydrogens is 274 g/mol. The molecule has 2 heterocycles. The van der Waals surface area contributed by atoms with Crippen LogP contribution in [0.3, 0.4) is 0 Å². The van der Waals surface area contributed by atoms with Crippen molar-refractivity contribution in [3.8, 4) is 0 Å². The second kappa shape index (κ2) is 5.63. The smallest absolute Gasteiger partial charge is 0.232 e. The van der Waals surface area contributed by atoms with Crippen LogP contribution < -0.4 is 9.88 Å². The standard InChI is InChI=1S/C18H20N3O/c1-2-21-16-6-4-3-5-14(16)20-15-8-7-13(11-17(15)21)18-12-19-9-10-22-18/h3-8,11,18-19H,2,9-10,12H2,1H3/q+1. The fraction of sp³-hybridized carbons (Fsp3) is 0.333. The van der Waals surface area contributed by atoms with Crippen molar-refractivity contribution in [3.63, 3.8) is 0 Å².